The minimum absolute atomic E-state index is 0.246. The molecule has 1 N–H and O–H groups in total. The predicted octanol–water partition coefficient (Wildman–Crippen LogP) is 1.49. The van der Waals surface area contributed by atoms with E-state index in [0.717, 1.165) is 0 Å². The van der Waals surface area contributed by atoms with Crippen molar-refractivity contribution in [1.82, 2.24) is 10.2 Å². The van der Waals surface area contributed by atoms with Crippen molar-refractivity contribution < 1.29 is 18.0 Å². The lowest BCUT2D eigenvalue weighted by Gasteiger charge is -2.34. The number of nitrogens with zero attached hydrogens (tertiary/aromatic N) is 1. The second-order valence-corrected chi connectivity index (χ2v) is 6.16. The third-order valence-corrected chi connectivity index (χ3v) is 3.60. The maximum Gasteiger partial charge on any atom is 0.401 e. The number of hydrogen-bond acceptors (Lipinski definition) is 3. The first-order valence-corrected chi connectivity index (χ1v) is 6.43. The predicted molar refractivity (Wildman–Crippen MR) is 62.0 cm³/mol. The van der Waals surface area contributed by atoms with Crippen LogP contribution in [-0.2, 0) is 4.79 Å². The Labute approximate surface area is 103 Å². The molecule has 3 nitrogen and oxygen atoms in total. The normalized spacial score (nSPS) is 26.1. The van der Waals surface area contributed by atoms with E-state index < -0.39 is 12.7 Å². The van der Waals surface area contributed by atoms with E-state index in [1.165, 1.54) is 0 Å². The molecule has 1 amide bonds. The average molecular weight is 270 g/mol. The van der Waals surface area contributed by atoms with Crippen LogP contribution < -0.4 is 5.32 Å². The molecule has 2 unspecified atom stereocenters. The monoisotopic (exact) mass is 270 g/mol. The van der Waals surface area contributed by atoms with Crippen molar-refractivity contribution >= 4 is 17.7 Å². The van der Waals surface area contributed by atoms with Gasteiger partial charge in [-0.3, -0.25) is 4.79 Å². The third kappa shape index (κ3) is 5.63. The highest BCUT2D eigenvalue weighted by molar-refractivity contribution is 8.00. The van der Waals surface area contributed by atoms with Crippen molar-refractivity contribution in [2.45, 2.75) is 30.5 Å². The SMILES string of the molecule is CC1CN(C(=O)CNCC(F)(F)F)CC(C)S1. The van der Waals surface area contributed by atoms with Gasteiger partial charge < -0.3 is 10.2 Å². The molecule has 1 aliphatic rings. The summed E-state index contributed by atoms with van der Waals surface area (Å²) >= 11 is 1.80. The van der Waals surface area contributed by atoms with Gasteiger partial charge in [-0.05, 0) is 0 Å². The molecule has 0 aromatic heterocycles. The first-order valence-electron chi connectivity index (χ1n) is 5.48. The highest BCUT2D eigenvalue weighted by atomic mass is 32.2. The Bertz CT molecular complexity index is 263. The fourth-order valence-electron chi connectivity index (χ4n) is 1.80. The lowest BCUT2D eigenvalue weighted by atomic mass is 10.3. The Kier molecular flexibility index (Phi) is 5.12. The van der Waals surface area contributed by atoms with Crippen LogP contribution in [0.25, 0.3) is 0 Å². The number of carbonyl (C=O) groups excluding carboxylic acids is 1. The van der Waals surface area contributed by atoms with E-state index in [1.807, 2.05) is 13.8 Å². The molecule has 2 atom stereocenters. The van der Waals surface area contributed by atoms with Gasteiger partial charge in [0.05, 0.1) is 13.1 Å². The van der Waals surface area contributed by atoms with Crippen molar-refractivity contribution in [3.63, 3.8) is 0 Å². The molecule has 1 saturated heterocycles. The second kappa shape index (κ2) is 5.95. The lowest BCUT2D eigenvalue weighted by Crippen LogP contribution is -2.48. The number of alkyl halides is 3. The summed E-state index contributed by atoms with van der Waals surface area (Å²) in [5.41, 5.74) is 0. The van der Waals surface area contributed by atoms with Gasteiger partial charge in [0.2, 0.25) is 5.91 Å². The van der Waals surface area contributed by atoms with Gasteiger partial charge in [-0.1, -0.05) is 13.8 Å². The molecule has 1 rings (SSSR count). The van der Waals surface area contributed by atoms with Crippen LogP contribution in [0.1, 0.15) is 13.8 Å². The Hall–Kier alpha value is -0.430. The largest absolute Gasteiger partial charge is 0.401 e. The van der Waals surface area contributed by atoms with Gasteiger partial charge in [-0.25, -0.2) is 0 Å². The quantitative estimate of drug-likeness (QED) is 0.843. The molecule has 0 spiro atoms. The van der Waals surface area contributed by atoms with E-state index in [9.17, 15) is 18.0 Å². The summed E-state index contributed by atoms with van der Waals surface area (Å²) in [6.45, 7) is 3.90. The van der Waals surface area contributed by atoms with Crippen LogP contribution in [0.2, 0.25) is 0 Å². The summed E-state index contributed by atoms with van der Waals surface area (Å²) < 4.78 is 35.6. The topological polar surface area (TPSA) is 32.3 Å². The molecule has 17 heavy (non-hydrogen) atoms. The number of thioether (sulfide) groups is 1. The molecule has 0 bridgehead atoms. The zero-order valence-electron chi connectivity index (χ0n) is 9.88. The van der Waals surface area contributed by atoms with Gasteiger partial charge >= 0.3 is 6.18 Å². The summed E-state index contributed by atoms with van der Waals surface area (Å²) in [5, 5.41) is 2.81. The summed E-state index contributed by atoms with van der Waals surface area (Å²) in [7, 11) is 0. The Balaban J connectivity index is 2.32. The van der Waals surface area contributed by atoms with Crippen LogP contribution in [-0.4, -0.2) is 53.7 Å². The first-order chi connectivity index (χ1) is 7.78. The average Bonchev–Trinajstić information content (AvgIpc) is 2.13. The number of rotatable bonds is 3. The van der Waals surface area contributed by atoms with Crippen LogP contribution in [0.5, 0.6) is 0 Å². The number of carbonyl (C=O) groups is 1. The molecule has 0 radical (unpaired) electrons. The molecule has 100 valence electrons. The molecule has 7 heteroatoms. The molecule has 0 saturated carbocycles. The van der Waals surface area contributed by atoms with Crippen LogP contribution in [0, 0.1) is 0 Å². The van der Waals surface area contributed by atoms with Crippen molar-refractivity contribution in [3.8, 4) is 0 Å². The van der Waals surface area contributed by atoms with Gasteiger partial charge in [0.1, 0.15) is 0 Å². The third-order valence-electron chi connectivity index (χ3n) is 2.37. The molecule has 1 heterocycles. The minimum Gasteiger partial charge on any atom is -0.339 e. The number of hydrogen-bond donors (Lipinski definition) is 1. The van der Waals surface area contributed by atoms with E-state index >= 15 is 0 Å². The zero-order chi connectivity index (χ0) is 13.1. The molecule has 1 aliphatic heterocycles. The van der Waals surface area contributed by atoms with E-state index in [4.69, 9.17) is 0 Å². The van der Waals surface area contributed by atoms with E-state index in [0.29, 0.717) is 23.6 Å². The number of amides is 1. The van der Waals surface area contributed by atoms with Crippen LogP contribution in [0.3, 0.4) is 0 Å². The number of nitrogens with one attached hydrogen (secondary N) is 1. The van der Waals surface area contributed by atoms with Crippen molar-refractivity contribution in [2.24, 2.45) is 0 Å². The Morgan fingerprint density at radius 1 is 1.35 bits per heavy atom. The second-order valence-electron chi connectivity index (χ2n) is 4.27. The lowest BCUT2D eigenvalue weighted by molar-refractivity contribution is -0.134. The highest BCUT2D eigenvalue weighted by Crippen LogP contribution is 2.24. The molecular formula is C10H17F3N2OS. The molecule has 1 fully saturated rings. The van der Waals surface area contributed by atoms with Gasteiger partial charge in [-0.15, -0.1) is 0 Å². The standard InChI is InChI=1S/C10H17F3N2OS/c1-7-4-15(5-8(2)17-7)9(16)3-14-6-10(11,12)13/h7-8,14H,3-6H2,1-2H3. The molecule has 0 aromatic carbocycles. The summed E-state index contributed by atoms with van der Waals surface area (Å²) in [6.07, 6.45) is -4.27. The molecule has 0 aromatic rings. The summed E-state index contributed by atoms with van der Waals surface area (Å²) in [6, 6.07) is 0. The van der Waals surface area contributed by atoms with E-state index in [2.05, 4.69) is 5.32 Å². The molecular weight excluding hydrogens is 253 g/mol. The zero-order valence-corrected chi connectivity index (χ0v) is 10.7. The molecule has 0 aliphatic carbocycles. The van der Waals surface area contributed by atoms with Crippen molar-refractivity contribution in [3.05, 3.63) is 0 Å². The maximum absolute atomic E-state index is 11.9. The Morgan fingerprint density at radius 3 is 2.35 bits per heavy atom. The van der Waals surface area contributed by atoms with Gasteiger partial charge in [-0.2, -0.15) is 24.9 Å². The van der Waals surface area contributed by atoms with Crippen molar-refractivity contribution in [2.75, 3.05) is 26.2 Å². The van der Waals surface area contributed by atoms with Gasteiger partial charge in [0.15, 0.2) is 0 Å². The summed E-state index contributed by atoms with van der Waals surface area (Å²) in [5.74, 6) is -0.256. The first kappa shape index (κ1) is 14.6. The van der Waals surface area contributed by atoms with Crippen LogP contribution >= 0.6 is 11.8 Å². The highest BCUT2D eigenvalue weighted by Gasteiger charge is 2.28. The fourth-order valence-corrected chi connectivity index (χ4v) is 3.13. The van der Waals surface area contributed by atoms with Crippen LogP contribution in [0.15, 0.2) is 0 Å². The van der Waals surface area contributed by atoms with Crippen molar-refractivity contribution in [1.29, 1.82) is 0 Å². The van der Waals surface area contributed by atoms with Gasteiger partial charge in [0, 0.05) is 23.6 Å². The smallest absolute Gasteiger partial charge is 0.339 e. The van der Waals surface area contributed by atoms with Gasteiger partial charge in [0.25, 0.3) is 0 Å². The minimum atomic E-state index is -4.27. The number of halogens is 3. The summed E-state index contributed by atoms with van der Waals surface area (Å²) in [4.78, 5) is 13.3. The Morgan fingerprint density at radius 2 is 1.88 bits per heavy atom. The fraction of sp³-hybridized carbons (Fsp3) is 0.900. The van der Waals surface area contributed by atoms with E-state index in [1.54, 1.807) is 16.7 Å². The maximum atomic E-state index is 11.9. The van der Waals surface area contributed by atoms with E-state index in [-0.39, 0.29) is 12.5 Å². The van der Waals surface area contributed by atoms with Crippen LogP contribution in [0.4, 0.5) is 13.2 Å².